The van der Waals surface area contributed by atoms with Crippen molar-refractivity contribution in [2.75, 3.05) is 21.3 Å². The molecule has 132 valence electrons. The lowest BCUT2D eigenvalue weighted by Crippen LogP contribution is -2.17. The topological polar surface area (TPSA) is 69.2 Å². The lowest BCUT2D eigenvalue weighted by Gasteiger charge is -2.12. The fourth-order valence-electron chi connectivity index (χ4n) is 2.29. The van der Waals surface area contributed by atoms with E-state index in [1.807, 2.05) is 26.0 Å². The van der Waals surface area contributed by atoms with Gasteiger partial charge in [0.1, 0.15) is 0 Å². The Bertz CT molecular complexity index is 775. The third kappa shape index (κ3) is 4.29. The van der Waals surface area contributed by atoms with Crippen LogP contribution in [0.1, 0.15) is 27.0 Å². The molecule has 25 heavy (non-hydrogen) atoms. The van der Waals surface area contributed by atoms with Crippen LogP contribution in [0.15, 0.2) is 35.4 Å². The second kappa shape index (κ2) is 8.19. The fourth-order valence-corrected chi connectivity index (χ4v) is 2.29. The average molecular weight is 342 g/mol. The summed E-state index contributed by atoms with van der Waals surface area (Å²) in [4.78, 5) is 12.2. The molecule has 0 aliphatic heterocycles. The second-order valence-electron chi connectivity index (χ2n) is 5.46. The number of carbonyl (C=O) groups is 1. The number of rotatable bonds is 6. The summed E-state index contributed by atoms with van der Waals surface area (Å²) in [6.45, 7) is 3.96. The van der Waals surface area contributed by atoms with Crippen molar-refractivity contribution in [1.29, 1.82) is 0 Å². The zero-order valence-electron chi connectivity index (χ0n) is 15.0. The van der Waals surface area contributed by atoms with Gasteiger partial charge in [0.2, 0.25) is 5.75 Å². The Balaban J connectivity index is 2.16. The van der Waals surface area contributed by atoms with Crippen LogP contribution < -0.4 is 19.6 Å². The minimum atomic E-state index is -0.271. The second-order valence-corrected chi connectivity index (χ2v) is 5.46. The molecule has 2 aromatic rings. The van der Waals surface area contributed by atoms with Gasteiger partial charge in [0.25, 0.3) is 5.91 Å². The van der Waals surface area contributed by atoms with E-state index >= 15 is 0 Å². The van der Waals surface area contributed by atoms with E-state index in [2.05, 4.69) is 10.5 Å². The number of nitrogens with zero attached hydrogens (tertiary/aromatic N) is 1. The van der Waals surface area contributed by atoms with Crippen LogP contribution in [0.4, 0.5) is 0 Å². The molecule has 0 atom stereocenters. The molecule has 2 aromatic carbocycles. The maximum absolute atomic E-state index is 12.2. The summed E-state index contributed by atoms with van der Waals surface area (Å²) in [6.07, 6.45) is 1.52. The lowest BCUT2D eigenvalue weighted by molar-refractivity contribution is 0.0955. The van der Waals surface area contributed by atoms with Crippen LogP contribution in [0, 0.1) is 13.8 Å². The van der Waals surface area contributed by atoms with E-state index in [9.17, 15) is 4.79 Å². The Morgan fingerprint density at radius 2 is 1.60 bits per heavy atom. The molecule has 0 fully saturated rings. The molecule has 2 rings (SSSR count). The highest BCUT2D eigenvalue weighted by Crippen LogP contribution is 2.37. The maximum atomic E-state index is 12.2. The average Bonchev–Trinajstić information content (AvgIpc) is 2.62. The van der Waals surface area contributed by atoms with Gasteiger partial charge in [-0.25, -0.2) is 5.43 Å². The Morgan fingerprint density at radius 1 is 0.960 bits per heavy atom. The Labute approximate surface area is 147 Å². The predicted molar refractivity (Wildman–Crippen MR) is 97.1 cm³/mol. The first-order chi connectivity index (χ1) is 12.0. The summed E-state index contributed by atoms with van der Waals surface area (Å²) in [5, 5.41) is 4.00. The SMILES string of the molecule is COc1cc(/C=N/NC(=O)c2ccc(C)c(C)c2)cc(OC)c1OC. The van der Waals surface area contributed by atoms with Crippen molar-refractivity contribution in [3.8, 4) is 17.2 Å². The molecule has 0 aromatic heterocycles. The van der Waals surface area contributed by atoms with E-state index in [4.69, 9.17) is 14.2 Å². The molecule has 1 amide bonds. The van der Waals surface area contributed by atoms with Crippen LogP contribution in [0.3, 0.4) is 0 Å². The van der Waals surface area contributed by atoms with Gasteiger partial charge < -0.3 is 14.2 Å². The van der Waals surface area contributed by atoms with Crippen LogP contribution in [0.5, 0.6) is 17.2 Å². The fraction of sp³-hybridized carbons (Fsp3) is 0.263. The Morgan fingerprint density at radius 3 is 2.12 bits per heavy atom. The van der Waals surface area contributed by atoms with Crippen molar-refractivity contribution in [2.45, 2.75) is 13.8 Å². The number of aryl methyl sites for hydroxylation is 2. The summed E-state index contributed by atoms with van der Waals surface area (Å²) in [5.74, 6) is 1.26. The van der Waals surface area contributed by atoms with Crippen LogP contribution in [0.25, 0.3) is 0 Å². The Hall–Kier alpha value is -3.02. The number of ether oxygens (including phenoxy) is 3. The van der Waals surface area contributed by atoms with Crippen molar-refractivity contribution in [3.63, 3.8) is 0 Å². The van der Waals surface area contributed by atoms with Crippen LogP contribution >= 0.6 is 0 Å². The highest BCUT2D eigenvalue weighted by Gasteiger charge is 2.12. The molecule has 0 saturated heterocycles. The van der Waals surface area contributed by atoms with Gasteiger partial charge >= 0.3 is 0 Å². The minimum absolute atomic E-state index is 0.271. The zero-order chi connectivity index (χ0) is 18.4. The van der Waals surface area contributed by atoms with Crippen LogP contribution in [-0.4, -0.2) is 33.5 Å². The molecule has 6 heteroatoms. The van der Waals surface area contributed by atoms with E-state index in [0.717, 1.165) is 11.1 Å². The van der Waals surface area contributed by atoms with Crippen molar-refractivity contribution in [1.82, 2.24) is 5.43 Å². The van der Waals surface area contributed by atoms with Gasteiger partial charge in [-0.2, -0.15) is 5.10 Å². The van der Waals surface area contributed by atoms with E-state index in [1.54, 1.807) is 32.4 Å². The first-order valence-electron chi connectivity index (χ1n) is 7.70. The predicted octanol–water partition coefficient (Wildman–Crippen LogP) is 3.09. The van der Waals surface area contributed by atoms with Gasteiger partial charge in [0.05, 0.1) is 27.5 Å². The maximum Gasteiger partial charge on any atom is 0.271 e. The number of hydrogen-bond acceptors (Lipinski definition) is 5. The summed E-state index contributed by atoms with van der Waals surface area (Å²) >= 11 is 0. The molecule has 0 radical (unpaired) electrons. The number of carbonyl (C=O) groups excluding carboxylic acids is 1. The van der Waals surface area contributed by atoms with E-state index < -0.39 is 0 Å². The normalized spacial score (nSPS) is 10.6. The zero-order valence-corrected chi connectivity index (χ0v) is 15.0. The van der Waals surface area contributed by atoms with Gasteiger partial charge in [-0.05, 0) is 49.2 Å². The number of amides is 1. The van der Waals surface area contributed by atoms with E-state index in [0.29, 0.717) is 28.4 Å². The van der Waals surface area contributed by atoms with Crippen LogP contribution in [0.2, 0.25) is 0 Å². The van der Waals surface area contributed by atoms with E-state index in [-0.39, 0.29) is 5.91 Å². The molecule has 0 aliphatic carbocycles. The van der Waals surface area contributed by atoms with Crippen molar-refractivity contribution in [2.24, 2.45) is 5.10 Å². The smallest absolute Gasteiger partial charge is 0.271 e. The minimum Gasteiger partial charge on any atom is -0.493 e. The molecule has 6 nitrogen and oxygen atoms in total. The van der Waals surface area contributed by atoms with E-state index in [1.165, 1.54) is 13.3 Å². The largest absolute Gasteiger partial charge is 0.493 e. The molecule has 0 aliphatic rings. The number of nitrogens with one attached hydrogen (secondary N) is 1. The summed E-state index contributed by atoms with van der Waals surface area (Å²) in [6, 6.07) is 9.00. The third-order valence-corrected chi connectivity index (χ3v) is 3.84. The molecular formula is C19H22N2O4. The third-order valence-electron chi connectivity index (χ3n) is 3.84. The monoisotopic (exact) mass is 342 g/mol. The first-order valence-corrected chi connectivity index (χ1v) is 7.70. The molecule has 1 N–H and O–H groups in total. The van der Waals surface area contributed by atoms with Crippen molar-refractivity contribution in [3.05, 3.63) is 52.6 Å². The Kier molecular flexibility index (Phi) is 6.00. The highest BCUT2D eigenvalue weighted by atomic mass is 16.5. The van der Waals surface area contributed by atoms with Gasteiger partial charge in [0, 0.05) is 11.1 Å². The standard InChI is InChI=1S/C19H22N2O4/c1-12-6-7-15(8-13(12)2)19(22)21-20-11-14-9-16(23-3)18(25-5)17(10-14)24-4/h6-11H,1-5H3,(H,21,22)/b20-11+. The van der Waals surface area contributed by atoms with Crippen molar-refractivity contribution < 1.29 is 19.0 Å². The summed E-state index contributed by atoms with van der Waals surface area (Å²) in [5.41, 5.74) is 5.97. The summed E-state index contributed by atoms with van der Waals surface area (Å²) < 4.78 is 15.8. The van der Waals surface area contributed by atoms with Gasteiger partial charge in [-0.15, -0.1) is 0 Å². The van der Waals surface area contributed by atoms with Gasteiger partial charge in [-0.3, -0.25) is 4.79 Å². The molecule has 0 bridgehead atoms. The molecular weight excluding hydrogens is 320 g/mol. The molecule has 0 saturated carbocycles. The first kappa shape index (κ1) is 18.3. The molecule has 0 heterocycles. The van der Waals surface area contributed by atoms with Crippen molar-refractivity contribution >= 4 is 12.1 Å². The van der Waals surface area contributed by atoms with Crippen LogP contribution in [-0.2, 0) is 0 Å². The number of methoxy groups -OCH3 is 3. The van der Waals surface area contributed by atoms with Gasteiger partial charge in [-0.1, -0.05) is 6.07 Å². The summed E-state index contributed by atoms with van der Waals surface area (Å²) in [7, 11) is 4.62. The highest BCUT2D eigenvalue weighted by molar-refractivity contribution is 5.95. The number of hydrogen-bond donors (Lipinski definition) is 1. The van der Waals surface area contributed by atoms with Gasteiger partial charge in [0.15, 0.2) is 11.5 Å². The molecule has 0 unspecified atom stereocenters. The number of hydrazone groups is 1. The quantitative estimate of drug-likeness (QED) is 0.647. The lowest BCUT2D eigenvalue weighted by atomic mass is 10.1. The molecule has 0 spiro atoms. The number of benzene rings is 2.